The zero-order valence-corrected chi connectivity index (χ0v) is 10.4. The SMILES string of the molecule is CC.CCNc1ccc(N)cc1C(=N)OC. The number of nitrogens with one attached hydrogen (secondary N) is 2. The van der Waals surface area contributed by atoms with E-state index in [2.05, 4.69) is 5.32 Å². The molecule has 0 bridgehead atoms. The van der Waals surface area contributed by atoms with E-state index in [1.807, 2.05) is 26.8 Å². The van der Waals surface area contributed by atoms with E-state index in [4.69, 9.17) is 15.9 Å². The molecular formula is C12H21N3O. The molecular weight excluding hydrogens is 202 g/mol. The van der Waals surface area contributed by atoms with Gasteiger partial charge in [0.1, 0.15) is 0 Å². The number of benzene rings is 1. The number of anilines is 2. The molecule has 1 rings (SSSR count). The average molecular weight is 223 g/mol. The number of nitrogens with two attached hydrogens (primary N) is 1. The van der Waals surface area contributed by atoms with Crippen LogP contribution in [0.4, 0.5) is 11.4 Å². The lowest BCUT2D eigenvalue weighted by atomic mass is 10.1. The molecule has 0 atom stereocenters. The molecule has 0 radical (unpaired) electrons. The van der Waals surface area contributed by atoms with Crippen molar-refractivity contribution in [3.63, 3.8) is 0 Å². The van der Waals surface area contributed by atoms with Gasteiger partial charge in [-0.05, 0) is 25.1 Å². The quantitative estimate of drug-likeness (QED) is 0.419. The lowest BCUT2D eigenvalue weighted by Crippen LogP contribution is -2.08. The minimum absolute atomic E-state index is 0.119. The summed E-state index contributed by atoms with van der Waals surface area (Å²) in [5, 5.41) is 10.7. The van der Waals surface area contributed by atoms with Crippen LogP contribution in [0.15, 0.2) is 18.2 Å². The fourth-order valence-electron chi connectivity index (χ4n) is 1.20. The van der Waals surface area contributed by atoms with Crippen LogP contribution in [0, 0.1) is 5.41 Å². The molecule has 0 amide bonds. The summed E-state index contributed by atoms with van der Waals surface area (Å²) in [6, 6.07) is 5.37. The lowest BCUT2D eigenvalue weighted by molar-refractivity contribution is 0.401. The molecule has 90 valence electrons. The second-order valence-electron chi connectivity index (χ2n) is 2.87. The number of ether oxygens (including phenoxy) is 1. The summed E-state index contributed by atoms with van der Waals surface area (Å²) in [5.74, 6) is 0.119. The molecule has 0 heterocycles. The first-order valence-electron chi connectivity index (χ1n) is 5.45. The molecule has 0 aliphatic rings. The summed E-state index contributed by atoms with van der Waals surface area (Å²) in [7, 11) is 1.47. The Labute approximate surface area is 97.3 Å². The zero-order valence-electron chi connectivity index (χ0n) is 10.4. The van der Waals surface area contributed by atoms with Crippen LogP contribution in [-0.4, -0.2) is 19.6 Å². The summed E-state index contributed by atoms with van der Waals surface area (Å²) in [5.41, 5.74) is 7.82. The van der Waals surface area contributed by atoms with Gasteiger partial charge in [-0.1, -0.05) is 13.8 Å². The van der Waals surface area contributed by atoms with E-state index in [-0.39, 0.29) is 5.90 Å². The topological polar surface area (TPSA) is 71.1 Å². The summed E-state index contributed by atoms with van der Waals surface area (Å²) in [4.78, 5) is 0. The first-order chi connectivity index (χ1) is 7.69. The molecule has 0 aliphatic carbocycles. The molecule has 0 saturated heterocycles. The standard InChI is InChI=1S/C10H15N3O.C2H6/c1-3-13-9-5-4-7(11)6-8(9)10(12)14-2;1-2/h4-6,12-13H,3,11H2,1-2H3;1-2H3. The molecule has 1 aromatic carbocycles. The molecule has 1 aromatic rings. The highest BCUT2D eigenvalue weighted by molar-refractivity contribution is 5.98. The van der Waals surface area contributed by atoms with E-state index in [1.54, 1.807) is 12.1 Å². The van der Waals surface area contributed by atoms with Crippen LogP contribution in [0.3, 0.4) is 0 Å². The van der Waals surface area contributed by atoms with E-state index in [0.29, 0.717) is 11.3 Å². The minimum atomic E-state index is 0.119. The molecule has 4 nitrogen and oxygen atoms in total. The number of hydrogen-bond acceptors (Lipinski definition) is 4. The largest absolute Gasteiger partial charge is 0.481 e. The summed E-state index contributed by atoms with van der Waals surface area (Å²) < 4.78 is 4.87. The number of rotatable bonds is 3. The van der Waals surface area contributed by atoms with Gasteiger partial charge in [0.15, 0.2) is 0 Å². The van der Waals surface area contributed by atoms with Crippen molar-refractivity contribution in [1.82, 2.24) is 0 Å². The van der Waals surface area contributed by atoms with Gasteiger partial charge >= 0.3 is 0 Å². The van der Waals surface area contributed by atoms with Gasteiger partial charge in [-0.3, -0.25) is 5.41 Å². The molecule has 0 unspecified atom stereocenters. The van der Waals surface area contributed by atoms with Crippen molar-refractivity contribution in [1.29, 1.82) is 5.41 Å². The molecule has 0 fully saturated rings. The van der Waals surface area contributed by atoms with Gasteiger partial charge < -0.3 is 15.8 Å². The van der Waals surface area contributed by atoms with Crippen molar-refractivity contribution >= 4 is 17.3 Å². The van der Waals surface area contributed by atoms with Crippen molar-refractivity contribution in [2.75, 3.05) is 24.7 Å². The van der Waals surface area contributed by atoms with Crippen LogP contribution in [0.2, 0.25) is 0 Å². The third-order valence-electron chi connectivity index (χ3n) is 1.86. The van der Waals surface area contributed by atoms with E-state index < -0.39 is 0 Å². The number of methoxy groups -OCH3 is 1. The molecule has 4 heteroatoms. The third-order valence-corrected chi connectivity index (χ3v) is 1.86. The Kier molecular flexibility index (Phi) is 6.76. The predicted molar refractivity (Wildman–Crippen MR) is 70.2 cm³/mol. The smallest absolute Gasteiger partial charge is 0.215 e. The monoisotopic (exact) mass is 223 g/mol. The fraction of sp³-hybridized carbons (Fsp3) is 0.417. The first-order valence-corrected chi connectivity index (χ1v) is 5.45. The average Bonchev–Trinajstić information content (AvgIpc) is 2.33. The van der Waals surface area contributed by atoms with Crippen molar-refractivity contribution in [2.45, 2.75) is 20.8 Å². The Morgan fingerprint density at radius 2 is 2.06 bits per heavy atom. The number of hydrogen-bond donors (Lipinski definition) is 3. The molecule has 4 N–H and O–H groups in total. The Morgan fingerprint density at radius 3 is 2.56 bits per heavy atom. The molecule has 0 aliphatic heterocycles. The summed E-state index contributed by atoms with van der Waals surface area (Å²) in [6.45, 7) is 6.80. The highest BCUT2D eigenvalue weighted by Gasteiger charge is 2.07. The Morgan fingerprint density at radius 1 is 1.44 bits per heavy atom. The lowest BCUT2D eigenvalue weighted by Gasteiger charge is -2.11. The van der Waals surface area contributed by atoms with E-state index in [9.17, 15) is 0 Å². The van der Waals surface area contributed by atoms with Crippen LogP contribution < -0.4 is 11.1 Å². The van der Waals surface area contributed by atoms with Gasteiger partial charge in [-0.15, -0.1) is 0 Å². The van der Waals surface area contributed by atoms with Gasteiger partial charge in [-0.25, -0.2) is 0 Å². The van der Waals surface area contributed by atoms with Crippen LogP contribution in [0.1, 0.15) is 26.3 Å². The van der Waals surface area contributed by atoms with E-state index in [1.165, 1.54) is 7.11 Å². The van der Waals surface area contributed by atoms with Gasteiger partial charge in [0.2, 0.25) is 5.90 Å². The summed E-state index contributed by atoms with van der Waals surface area (Å²) in [6.07, 6.45) is 0. The highest BCUT2D eigenvalue weighted by atomic mass is 16.5. The normalized spacial score (nSPS) is 8.75. The fourth-order valence-corrected chi connectivity index (χ4v) is 1.20. The molecule has 0 saturated carbocycles. The van der Waals surface area contributed by atoms with Crippen LogP contribution in [-0.2, 0) is 4.74 Å². The minimum Gasteiger partial charge on any atom is -0.481 e. The van der Waals surface area contributed by atoms with Crippen LogP contribution in [0.5, 0.6) is 0 Å². The second kappa shape index (κ2) is 7.56. The Balaban J connectivity index is 0.00000106. The maximum absolute atomic E-state index is 7.58. The van der Waals surface area contributed by atoms with Gasteiger partial charge in [0, 0.05) is 17.9 Å². The third kappa shape index (κ3) is 3.81. The highest BCUT2D eigenvalue weighted by Crippen LogP contribution is 2.19. The van der Waals surface area contributed by atoms with Crippen molar-refractivity contribution in [2.24, 2.45) is 0 Å². The van der Waals surface area contributed by atoms with Gasteiger partial charge in [-0.2, -0.15) is 0 Å². The Bertz CT molecular complexity index is 337. The van der Waals surface area contributed by atoms with E-state index >= 15 is 0 Å². The van der Waals surface area contributed by atoms with Gasteiger partial charge in [0.25, 0.3) is 0 Å². The Hall–Kier alpha value is -1.71. The van der Waals surface area contributed by atoms with Crippen molar-refractivity contribution in [3.8, 4) is 0 Å². The molecule has 0 spiro atoms. The van der Waals surface area contributed by atoms with Gasteiger partial charge in [0.05, 0.1) is 12.7 Å². The van der Waals surface area contributed by atoms with E-state index in [0.717, 1.165) is 12.2 Å². The first kappa shape index (κ1) is 14.3. The second-order valence-corrected chi connectivity index (χ2v) is 2.87. The van der Waals surface area contributed by atoms with Crippen LogP contribution in [0.25, 0.3) is 0 Å². The molecule has 0 aromatic heterocycles. The van der Waals surface area contributed by atoms with Crippen molar-refractivity contribution < 1.29 is 4.74 Å². The summed E-state index contributed by atoms with van der Waals surface area (Å²) >= 11 is 0. The molecule has 16 heavy (non-hydrogen) atoms. The van der Waals surface area contributed by atoms with Crippen molar-refractivity contribution in [3.05, 3.63) is 23.8 Å². The predicted octanol–water partition coefficient (Wildman–Crippen LogP) is 2.70. The number of nitrogen functional groups attached to an aromatic ring is 1. The maximum atomic E-state index is 7.58. The van der Waals surface area contributed by atoms with Crippen LogP contribution >= 0.6 is 0 Å². The zero-order chi connectivity index (χ0) is 12.6. The maximum Gasteiger partial charge on any atom is 0.215 e.